The van der Waals surface area contributed by atoms with Gasteiger partial charge in [0.15, 0.2) is 5.82 Å². The minimum atomic E-state index is -0.414. The van der Waals surface area contributed by atoms with Gasteiger partial charge in [-0.3, -0.25) is 0 Å². The predicted octanol–water partition coefficient (Wildman–Crippen LogP) is 3.19. The summed E-state index contributed by atoms with van der Waals surface area (Å²) in [5.74, 6) is 0.105. The standard InChI is InChI=1S/C17H14ClN5O2/c1-25-17(24)14-4-2-3-5-15(14)19-11-10-16-20-21-22-23(16)13-8-6-12(18)7-9-13/h2-11,19H,1H3/b11-10-. The molecule has 0 fully saturated rings. The van der Waals surface area contributed by atoms with Crippen LogP contribution in [-0.4, -0.2) is 33.3 Å². The van der Waals surface area contributed by atoms with Gasteiger partial charge in [0.1, 0.15) is 0 Å². The molecule has 1 aromatic heterocycles. The fourth-order valence-corrected chi connectivity index (χ4v) is 2.29. The summed E-state index contributed by atoms with van der Waals surface area (Å²) in [6.07, 6.45) is 3.35. The minimum absolute atomic E-state index is 0.414. The number of halogens is 1. The molecule has 0 unspecified atom stereocenters. The van der Waals surface area contributed by atoms with Gasteiger partial charge in [0.05, 0.1) is 24.0 Å². The van der Waals surface area contributed by atoms with E-state index in [9.17, 15) is 4.79 Å². The van der Waals surface area contributed by atoms with Crippen molar-refractivity contribution in [3.8, 4) is 5.69 Å². The van der Waals surface area contributed by atoms with E-state index in [1.807, 2.05) is 18.2 Å². The predicted molar refractivity (Wildman–Crippen MR) is 94.6 cm³/mol. The smallest absolute Gasteiger partial charge is 0.339 e. The average molecular weight is 356 g/mol. The Labute approximate surface area is 148 Å². The summed E-state index contributed by atoms with van der Waals surface area (Å²) in [4.78, 5) is 11.8. The first-order valence-corrected chi connectivity index (χ1v) is 7.71. The number of ether oxygens (including phenoxy) is 1. The van der Waals surface area contributed by atoms with E-state index in [2.05, 4.69) is 20.8 Å². The number of nitrogens with one attached hydrogen (secondary N) is 1. The van der Waals surface area contributed by atoms with Crippen LogP contribution >= 0.6 is 11.6 Å². The third-order valence-corrected chi connectivity index (χ3v) is 3.62. The van der Waals surface area contributed by atoms with Crippen molar-refractivity contribution in [2.45, 2.75) is 0 Å². The third-order valence-electron chi connectivity index (χ3n) is 3.37. The van der Waals surface area contributed by atoms with Crippen LogP contribution in [0, 0.1) is 0 Å². The van der Waals surface area contributed by atoms with Crippen LogP contribution in [0.5, 0.6) is 0 Å². The summed E-state index contributed by atoms with van der Waals surface area (Å²) < 4.78 is 6.34. The number of hydrogen-bond acceptors (Lipinski definition) is 6. The van der Waals surface area contributed by atoms with Crippen LogP contribution in [0.4, 0.5) is 5.69 Å². The molecule has 0 saturated carbocycles. The SMILES string of the molecule is COC(=O)c1ccccc1N/C=C\c1nnnn1-c1ccc(Cl)cc1. The third kappa shape index (κ3) is 3.84. The first-order chi connectivity index (χ1) is 12.2. The van der Waals surface area contributed by atoms with Crippen molar-refractivity contribution in [3.63, 3.8) is 0 Å². The molecule has 0 aliphatic rings. The summed E-state index contributed by atoms with van der Waals surface area (Å²) in [7, 11) is 1.34. The second kappa shape index (κ2) is 7.59. The van der Waals surface area contributed by atoms with E-state index in [0.29, 0.717) is 22.1 Å². The summed E-state index contributed by atoms with van der Waals surface area (Å²) in [5, 5.41) is 15.3. The number of aromatic nitrogens is 4. The molecule has 3 rings (SSSR count). The Hall–Kier alpha value is -3.19. The van der Waals surface area contributed by atoms with Crippen molar-refractivity contribution in [1.29, 1.82) is 0 Å². The van der Waals surface area contributed by atoms with E-state index in [0.717, 1.165) is 5.69 Å². The molecule has 8 heteroatoms. The molecular formula is C17H14ClN5O2. The Balaban J connectivity index is 1.80. The lowest BCUT2D eigenvalue weighted by molar-refractivity contribution is 0.0602. The number of para-hydroxylation sites is 1. The molecule has 0 aliphatic carbocycles. The number of carbonyl (C=O) groups excluding carboxylic acids is 1. The van der Waals surface area contributed by atoms with Crippen LogP contribution in [0.2, 0.25) is 5.02 Å². The fourth-order valence-electron chi connectivity index (χ4n) is 2.17. The van der Waals surface area contributed by atoms with Crippen LogP contribution in [0.25, 0.3) is 11.8 Å². The molecular weight excluding hydrogens is 342 g/mol. The molecule has 2 aromatic carbocycles. The maximum Gasteiger partial charge on any atom is 0.339 e. The van der Waals surface area contributed by atoms with Crippen LogP contribution in [0.3, 0.4) is 0 Å². The zero-order chi connectivity index (χ0) is 17.6. The molecule has 3 aromatic rings. The minimum Gasteiger partial charge on any atom is -0.465 e. The van der Waals surface area contributed by atoms with E-state index in [-0.39, 0.29) is 0 Å². The molecule has 0 radical (unpaired) electrons. The topological polar surface area (TPSA) is 81.9 Å². The van der Waals surface area contributed by atoms with Gasteiger partial charge >= 0.3 is 5.97 Å². The van der Waals surface area contributed by atoms with Gasteiger partial charge in [0.25, 0.3) is 0 Å². The number of benzene rings is 2. The second-order valence-electron chi connectivity index (χ2n) is 4.94. The highest BCUT2D eigenvalue weighted by Crippen LogP contribution is 2.17. The molecule has 0 bridgehead atoms. The maximum absolute atomic E-state index is 11.8. The monoisotopic (exact) mass is 355 g/mol. The number of rotatable bonds is 5. The van der Waals surface area contributed by atoms with E-state index in [1.54, 1.807) is 47.3 Å². The van der Waals surface area contributed by atoms with Gasteiger partial charge in [-0.15, -0.1) is 5.10 Å². The normalized spacial score (nSPS) is 10.8. The quantitative estimate of drug-likeness (QED) is 0.708. The van der Waals surface area contributed by atoms with E-state index < -0.39 is 5.97 Å². The molecule has 126 valence electrons. The maximum atomic E-state index is 11.8. The lowest BCUT2D eigenvalue weighted by Crippen LogP contribution is -2.05. The Morgan fingerprint density at radius 3 is 2.72 bits per heavy atom. The summed E-state index contributed by atoms with van der Waals surface area (Å²) in [6, 6.07) is 14.2. The number of anilines is 1. The first kappa shape index (κ1) is 16.7. The largest absolute Gasteiger partial charge is 0.465 e. The fraction of sp³-hybridized carbons (Fsp3) is 0.0588. The molecule has 1 heterocycles. The second-order valence-corrected chi connectivity index (χ2v) is 5.38. The Bertz CT molecular complexity index is 905. The average Bonchev–Trinajstić information content (AvgIpc) is 3.10. The number of carbonyl (C=O) groups is 1. The molecule has 7 nitrogen and oxygen atoms in total. The number of tetrazole rings is 1. The van der Waals surface area contributed by atoms with Gasteiger partial charge < -0.3 is 10.1 Å². The molecule has 25 heavy (non-hydrogen) atoms. The van der Waals surface area contributed by atoms with E-state index in [1.165, 1.54) is 7.11 Å². The number of nitrogens with zero attached hydrogens (tertiary/aromatic N) is 4. The summed E-state index contributed by atoms with van der Waals surface area (Å²) >= 11 is 5.89. The van der Waals surface area contributed by atoms with Gasteiger partial charge in [0, 0.05) is 17.3 Å². The molecule has 0 spiro atoms. The number of hydrogen-bond donors (Lipinski definition) is 1. The van der Waals surface area contributed by atoms with Gasteiger partial charge in [-0.05, 0) is 46.8 Å². The highest BCUT2D eigenvalue weighted by molar-refractivity contribution is 6.30. The van der Waals surface area contributed by atoms with Crippen molar-refractivity contribution in [3.05, 3.63) is 71.1 Å². The number of methoxy groups -OCH3 is 1. The van der Waals surface area contributed by atoms with Crippen molar-refractivity contribution in [1.82, 2.24) is 20.2 Å². The van der Waals surface area contributed by atoms with Gasteiger partial charge in [-0.1, -0.05) is 23.7 Å². The molecule has 0 saturated heterocycles. The Morgan fingerprint density at radius 2 is 1.96 bits per heavy atom. The molecule has 0 atom stereocenters. The highest BCUT2D eigenvalue weighted by atomic mass is 35.5. The van der Waals surface area contributed by atoms with Crippen molar-refractivity contribution in [2.75, 3.05) is 12.4 Å². The molecule has 1 N–H and O–H groups in total. The molecule has 0 amide bonds. The van der Waals surface area contributed by atoms with Gasteiger partial charge in [0.2, 0.25) is 0 Å². The van der Waals surface area contributed by atoms with Crippen molar-refractivity contribution < 1.29 is 9.53 Å². The van der Waals surface area contributed by atoms with Crippen LogP contribution in [0.15, 0.2) is 54.7 Å². The zero-order valence-corrected chi connectivity index (χ0v) is 14.0. The number of esters is 1. The van der Waals surface area contributed by atoms with Crippen LogP contribution in [-0.2, 0) is 4.74 Å². The molecule has 0 aliphatic heterocycles. The summed E-state index contributed by atoms with van der Waals surface area (Å²) in [6.45, 7) is 0. The van der Waals surface area contributed by atoms with Crippen LogP contribution < -0.4 is 5.32 Å². The van der Waals surface area contributed by atoms with E-state index in [4.69, 9.17) is 16.3 Å². The van der Waals surface area contributed by atoms with Crippen molar-refractivity contribution >= 4 is 29.3 Å². The van der Waals surface area contributed by atoms with Crippen LogP contribution in [0.1, 0.15) is 16.2 Å². The highest BCUT2D eigenvalue weighted by Gasteiger charge is 2.10. The van der Waals surface area contributed by atoms with Gasteiger partial charge in [-0.25, -0.2) is 4.79 Å². The van der Waals surface area contributed by atoms with E-state index >= 15 is 0 Å². The first-order valence-electron chi connectivity index (χ1n) is 7.34. The zero-order valence-electron chi connectivity index (χ0n) is 13.3. The Morgan fingerprint density at radius 1 is 1.20 bits per heavy atom. The van der Waals surface area contributed by atoms with Crippen molar-refractivity contribution in [2.24, 2.45) is 0 Å². The summed E-state index contributed by atoms with van der Waals surface area (Å²) in [5.41, 5.74) is 1.84. The lowest BCUT2D eigenvalue weighted by atomic mass is 10.2. The Kier molecular flexibility index (Phi) is 5.06. The van der Waals surface area contributed by atoms with Gasteiger partial charge in [-0.2, -0.15) is 4.68 Å². The lowest BCUT2D eigenvalue weighted by Gasteiger charge is -2.07.